The number of hydrogen-bond acceptors (Lipinski definition) is 5. The highest BCUT2D eigenvalue weighted by Crippen LogP contribution is 2.24. The molecule has 7 nitrogen and oxygen atoms in total. The van der Waals surface area contributed by atoms with Crippen molar-refractivity contribution in [1.82, 2.24) is 24.8 Å². The molecule has 0 N–H and O–H groups in total. The normalized spacial score (nSPS) is 13.3. The van der Waals surface area contributed by atoms with E-state index in [1.165, 1.54) is 11.6 Å². The molecule has 0 saturated heterocycles. The molecule has 0 unspecified atom stereocenters. The van der Waals surface area contributed by atoms with Gasteiger partial charge >= 0.3 is 0 Å². The van der Waals surface area contributed by atoms with Crippen LogP contribution in [0.15, 0.2) is 122 Å². The molecular formula is C38H35N5O2. The van der Waals surface area contributed by atoms with Gasteiger partial charge in [0.25, 0.3) is 0 Å². The molecule has 5 aromatic rings. The summed E-state index contributed by atoms with van der Waals surface area (Å²) in [4.78, 5) is 44.8. The largest absolute Gasteiger partial charge is 0.336 e. The standard InChI is InChI=1S/C38H35N5O2/c1-28-40-24-31(25-41-28)13-16-37(44)43(26-30-11-14-33(15-12-30)34-17-20-39-21-18-34)36(23-29-7-3-2-4-8-29)38(45)42-22-19-32-9-5-6-10-35(32)27-42/h2-18,20-21,24-25,36H,19,22-23,26-27H2,1H3/b16-13+/t36-/m0/s1. The van der Waals surface area contributed by atoms with Gasteiger partial charge in [0.2, 0.25) is 11.8 Å². The maximum Gasteiger partial charge on any atom is 0.247 e. The molecule has 2 amide bonds. The van der Waals surface area contributed by atoms with Gasteiger partial charge in [0.1, 0.15) is 11.9 Å². The predicted octanol–water partition coefficient (Wildman–Crippen LogP) is 6.09. The topological polar surface area (TPSA) is 79.3 Å². The highest BCUT2D eigenvalue weighted by molar-refractivity contribution is 5.95. The lowest BCUT2D eigenvalue weighted by atomic mass is 9.97. The van der Waals surface area contributed by atoms with Crippen LogP contribution in [0.25, 0.3) is 17.2 Å². The fourth-order valence-corrected chi connectivity index (χ4v) is 5.70. The summed E-state index contributed by atoms with van der Waals surface area (Å²) in [5.74, 6) is 0.356. The number of amides is 2. The fourth-order valence-electron chi connectivity index (χ4n) is 5.70. The lowest BCUT2D eigenvalue weighted by Gasteiger charge is -2.37. The zero-order chi connectivity index (χ0) is 31.0. The minimum absolute atomic E-state index is 0.0535. The molecule has 45 heavy (non-hydrogen) atoms. The van der Waals surface area contributed by atoms with Crippen molar-refractivity contribution in [3.8, 4) is 11.1 Å². The first-order valence-electron chi connectivity index (χ1n) is 15.2. The summed E-state index contributed by atoms with van der Waals surface area (Å²) in [5.41, 5.74) is 7.19. The van der Waals surface area contributed by atoms with Crippen molar-refractivity contribution >= 4 is 17.9 Å². The van der Waals surface area contributed by atoms with Crippen LogP contribution in [-0.2, 0) is 35.5 Å². The molecular weight excluding hydrogens is 558 g/mol. The number of rotatable bonds is 9. The molecule has 1 aliphatic rings. The van der Waals surface area contributed by atoms with Crippen LogP contribution in [0.1, 0.15) is 33.6 Å². The van der Waals surface area contributed by atoms with Crippen LogP contribution in [0, 0.1) is 6.92 Å². The average Bonchev–Trinajstić information content (AvgIpc) is 3.10. The van der Waals surface area contributed by atoms with Crippen molar-refractivity contribution in [2.24, 2.45) is 0 Å². The SMILES string of the molecule is Cc1ncc(/C=C/C(=O)N(Cc2ccc(-c3ccncc3)cc2)[C@@H](Cc2ccccc2)C(=O)N2CCc3ccccc3C2)cn1. The van der Waals surface area contributed by atoms with Crippen molar-refractivity contribution in [2.45, 2.75) is 38.9 Å². The number of carbonyl (C=O) groups is 2. The van der Waals surface area contributed by atoms with Crippen LogP contribution >= 0.6 is 0 Å². The van der Waals surface area contributed by atoms with Crippen molar-refractivity contribution in [3.63, 3.8) is 0 Å². The van der Waals surface area contributed by atoms with E-state index in [2.05, 4.69) is 27.1 Å². The second-order valence-electron chi connectivity index (χ2n) is 11.3. The van der Waals surface area contributed by atoms with Gasteiger partial charge in [-0.2, -0.15) is 0 Å². The number of fused-ring (bicyclic) bond motifs is 1. The van der Waals surface area contributed by atoms with Gasteiger partial charge < -0.3 is 9.80 Å². The van der Waals surface area contributed by atoms with Gasteiger partial charge in [0.05, 0.1) is 0 Å². The quantitative estimate of drug-likeness (QED) is 0.194. The number of carbonyl (C=O) groups excluding carboxylic acids is 2. The number of nitrogens with zero attached hydrogens (tertiary/aromatic N) is 5. The zero-order valence-electron chi connectivity index (χ0n) is 25.3. The second kappa shape index (κ2) is 13.9. The summed E-state index contributed by atoms with van der Waals surface area (Å²) in [5, 5.41) is 0. The summed E-state index contributed by atoms with van der Waals surface area (Å²) in [7, 11) is 0. The summed E-state index contributed by atoms with van der Waals surface area (Å²) >= 11 is 0. The Morgan fingerprint density at radius 3 is 2.22 bits per heavy atom. The van der Waals surface area contributed by atoms with E-state index in [-0.39, 0.29) is 18.4 Å². The Morgan fingerprint density at radius 1 is 0.822 bits per heavy atom. The third-order valence-electron chi connectivity index (χ3n) is 8.20. The average molecular weight is 594 g/mol. The van der Waals surface area contributed by atoms with E-state index in [1.807, 2.05) is 90.7 Å². The molecule has 1 atom stereocenters. The lowest BCUT2D eigenvalue weighted by Crippen LogP contribution is -2.52. The molecule has 1 aliphatic heterocycles. The Bertz CT molecular complexity index is 1770. The number of pyridine rings is 1. The Hall–Kier alpha value is -5.43. The molecule has 0 spiro atoms. The van der Waals surface area contributed by atoms with Crippen LogP contribution in [-0.4, -0.2) is 49.2 Å². The van der Waals surface area contributed by atoms with Gasteiger partial charge in [0.15, 0.2) is 0 Å². The van der Waals surface area contributed by atoms with Crippen molar-refractivity contribution in [3.05, 3.63) is 156 Å². The number of hydrogen-bond donors (Lipinski definition) is 0. The monoisotopic (exact) mass is 593 g/mol. The Balaban J connectivity index is 1.34. The van der Waals surface area contributed by atoms with E-state index >= 15 is 0 Å². The molecule has 0 bridgehead atoms. The maximum absolute atomic E-state index is 14.5. The number of aryl methyl sites for hydroxylation is 1. The lowest BCUT2D eigenvalue weighted by molar-refractivity contribution is -0.144. The highest BCUT2D eigenvalue weighted by atomic mass is 16.2. The van der Waals surface area contributed by atoms with Gasteiger partial charge in [-0.15, -0.1) is 0 Å². The molecule has 0 fully saturated rings. The number of aromatic nitrogens is 3. The Labute approximate surface area is 263 Å². The van der Waals surface area contributed by atoms with Crippen LogP contribution in [0.4, 0.5) is 0 Å². The molecule has 6 rings (SSSR count). The van der Waals surface area contributed by atoms with E-state index in [0.29, 0.717) is 30.9 Å². The van der Waals surface area contributed by atoms with E-state index in [1.54, 1.807) is 35.8 Å². The van der Waals surface area contributed by atoms with E-state index in [4.69, 9.17) is 0 Å². The van der Waals surface area contributed by atoms with Gasteiger partial charge in [-0.25, -0.2) is 9.97 Å². The van der Waals surface area contributed by atoms with Crippen LogP contribution in [0.5, 0.6) is 0 Å². The van der Waals surface area contributed by atoms with Gasteiger partial charge in [-0.1, -0.05) is 78.9 Å². The van der Waals surface area contributed by atoms with Crippen LogP contribution in [0.2, 0.25) is 0 Å². The Kier molecular flexibility index (Phi) is 9.16. The third kappa shape index (κ3) is 7.39. The molecule has 0 aliphatic carbocycles. The summed E-state index contributed by atoms with van der Waals surface area (Å²) in [6.07, 6.45) is 11.3. The van der Waals surface area contributed by atoms with Gasteiger partial charge in [-0.05, 0) is 64.9 Å². The summed E-state index contributed by atoms with van der Waals surface area (Å²) < 4.78 is 0. The molecule has 7 heteroatoms. The van der Waals surface area contributed by atoms with E-state index in [9.17, 15) is 9.59 Å². The van der Waals surface area contributed by atoms with Gasteiger partial charge in [0, 0.05) is 62.5 Å². The van der Waals surface area contributed by atoms with Crippen molar-refractivity contribution < 1.29 is 9.59 Å². The first-order valence-corrected chi connectivity index (χ1v) is 15.2. The molecule has 3 aromatic carbocycles. The minimum atomic E-state index is -0.705. The second-order valence-corrected chi connectivity index (χ2v) is 11.3. The molecule has 0 radical (unpaired) electrons. The van der Waals surface area contributed by atoms with Gasteiger partial charge in [-0.3, -0.25) is 14.6 Å². The maximum atomic E-state index is 14.5. The smallest absolute Gasteiger partial charge is 0.247 e. The minimum Gasteiger partial charge on any atom is -0.336 e. The molecule has 224 valence electrons. The van der Waals surface area contributed by atoms with Crippen LogP contribution in [0.3, 0.4) is 0 Å². The molecule has 3 heterocycles. The Morgan fingerprint density at radius 2 is 1.49 bits per heavy atom. The third-order valence-corrected chi connectivity index (χ3v) is 8.20. The first-order chi connectivity index (χ1) is 22.0. The summed E-state index contributed by atoms with van der Waals surface area (Å²) in [6, 6.07) is 29.5. The first kappa shape index (κ1) is 29.6. The predicted molar refractivity (Wildman–Crippen MR) is 176 cm³/mol. The zero-order valence-corrected chi connectivity index (χ0v) is 25.3. The fraction of sp³-hybridized carbons (Fsp3) is 0.184. The van der Waals surface area contributed by atoms with E-state index < -0.39 is 6.04 Å². The molecule has 2 aromatic heterocycles. The van der Waals surface area contributed by atoms with E-state index in [0.717, 1.165) is 34.2 Å². The highest BCUT2D eigenvalue weighted by Gasteiger charge is 2.34. The van der Waals surface area contributed by atoms with Crippen LogP contribution < -0.4 is 0 Å². The summed E-state index contributed by atoms with van der Waals surface area (Å²) in [6.45, 7) is 3.23. The van der Waals surface area contributed by atoms with Crippen molar-refractivity contribution in [2.75, 3.05) is 6.54 Å². The number of benzene rings is 3. The van der Waals surface area contributed by atoms with Crippen molar-refractivity contribution in [1.29, 1.82) is 0 Å². The molecule has 0 saturated carbocycles.